The van der Waals surface area contributed by atoms with Gasteiger partial charge in [-0.1, -0.05) is 0 Å². The maximum Gasteiger partial charge on any atom is 0.0945 e. The molecule has 5 nitrogen and oxygen atoms in total. The molecule has 0 unspecified atom stereocenters. The van der Waals surface area contributed by atoms with Crippen LogP contribution in [-0.4, -0.2) is 63.8 Å². The van der Waals surface area contributed by atoms with Gasteiger partial charge in [-0.3, -0.25) is 4.90 Å². The predicted octanol–water partition coefficient (Wildman–Crippen LogP) is 1.09. The summed E-state index contributed by atoms with van der Waals surface area (Å²) >= 11 is 0. The molecule has 0 saturated carbocycles. The fraction of sp³-hybridized carbons (Fsp3) is 0.812. The van der Waals surface area contributed by atoms with Crippen LogP contribution in [0.25, 0.3) is 0 Å². The summed E-state index contributed by atoms with van der Waals surface area (Å²) in [4.78, 5) is 9.23. The van der Waals surface area contributed by atoms with E-state index in [9.17, 15) is 5.11 Å². The number of likely N-dealkylation sites (tertiary alicyclic amines) is 2. The van der Waals surface area contributed by atoms with Crippen molar-refractivity contribution in [2.75, 3.05) is 39.3 Å². The van der Waals surface area contributed by atoms with E-state index in [1.165, 1.54) is 31.6 Å². The number of aryl methyl sites for hydroxylation is 1. The van der Waals surface area contributed by atoms with Crippen molar-refractivity contribution in [1.29, 1.82) is 0 Å². The zero-order valence-corrected chi connectivity index (χ0v) is 13.2. The molecule has 2 saturated heterocycles. The average Bonchev–Trinajstić information content (AvgIpc) is 3.14. The summed E-state index contributed by atoms with van der Waals surface area (Å²) in [7, 11) is 2.05. The Morgan fingerprint density at radius 3 is 2.43 bits per heavy atom. The Kier molecular flexibility index (Phi) is 4.62. The number of piperidine rings is 1. The van der Waals surface area contributed by atoms with E-state index in [0.29, 0.717) is 6.61 Å². The Morgan fingerprint density at radius 2 is 1.86 bits per heavy atom. The van der Waals surface area contributed by atoms with E-state index in [-0.39, 0.29) is 5.41 Å². The Morgan fingerprint density at radius 1 is 1.14 bits per heavy atom. The van der Waals surface area contributed by atoms with Crippen molar-refractivity contribution in [2.24, 2.45) is 12.5 Å². The summed E-state index contributed by atoms with van der Waals surface area (Å²) in [6.07, 6.45) is 8.70. The van der Waals surface area contributed by atoms with Crippen molar-refractivity contribution >= 4 is 0 Å². The highest BCUT2D eigenvalue weighted by atomic mass is 16.3. The second kappa shape index (κ2) is 6.46. The molecule has 0 bridgehead atoms. The van der Waals surface area contributed by atoms with Gasteiger partial charge in [0.15, 0.2) is 0 Å². The summed E-state index contributed by atoms with van der Waals surface area (Å²) in [5, 5.41) is 9.93. The van der Waals surface area contributed by atoms with Gasteiger partial charge < -0.3 is 14.6 Å². The standard InChI is InChI=1S/C16H28N4O/c1-18-14-17-10-15(18)11-19-8-4-16(13-21,5-9-19)12-20-6-2-3-7-20/h10,14,21H,2-9,11-13H2,1H3. The highest BCUT2D eigenvalue weighted by Gasteiger charge is 2.36. The molecule has 118 valence electrons. The summed E-state index contributed by atoms with van der Waals surface area (Å²) in [6.45, 7) is 7.01. The quantitative estimate of drug-likeness (QED) is 0.882. The van der Waals surface area contributed by atoms with E-state index in [4.69, 9.17) is 0 Å². The topological polar surface area (TPSA) is 44.5 Å². The lowest BCUT2D eigenvalue weighted by molar-refractivity contribution is 0.0160. The highest BCUT2D eigenvalue weighted by molar-refractivity contribution is 4.98. The molecule has 0 aliphatic carbocycles. The van der Waals surface area contributed by atoms with Crippen LogP contribution in [0.1, 0.15) is 31.4 Å². The minimum absolute atomic E-state index is 0.132. The molecule has 5 heteroatoms. The Labute approximate surface area is 127 Å². The predicted molar refractivity (Wildman–Crippen MR) is 82.9 cm³/mol. The van der Waals surface area contributed by atoms with Gasteiger partial charge in [-0.25, -0.2) is 4.98 Å². The molecule has 1 aromatic rings. The first-order valence-corrected chi connectivity index (χ1v) is 8.22. The van der Waals surface area contributed by atoms with Gasteiger partial charge >= 0.3 is 0 Å². The van der Waals surface area contributed by atoms with Crippen LogP contribution in [0.5, 0.6) is 0 Å². The first-order chi connectivity index (χ1) is 10.2. The molecule has 2 aliphatic rings. The fourth-order valence-electron chi connectivity index (χ4n) is 3.73. The van der Waals surface area contributed by atoms with Crippen LogP contribution in [-0.2, 0) is 13.6 Å². The third-order valence-corrected chi connectivity index (χ3v) is 5.31. The smallest absolute Gasteiger partial charge is 0.0945 e. The zero-order valence-electron chi connectivity index (χ0n) is 13.2. The molecule has 0 amide bonds. The Hall–Kier alpha value is -0.910. The van der Waals surface area contributed by atoms with Gasteiger partial charge in [-0.15, -0.1) is 0 Å². The van der Waals surface area contributed by atoms with Crippen molar-refractivity contribution in [3.63, 3.8) is 0 Å². The molecular formula is C16H28N4O. The SMILES string of the molecule is Cn1cncc1CN1CCC(CO)(CN2CCCC2)CC1. The van der Waals surface area contributed by atoms with Gasteiger partial charge in [0.2, 0.25) is 0 Å². The number of imidazole rings is 1. The van der Waals surface area contributed by atoms with Gasteiger partial charge in [0.1, 0.15) is 0 Å². The number of aromatic nitrogens is 2. The Bertz CT molecular complexity index is 445. The van der Waals surface area contributed by atoms with Crippen LogP contribution in [0.4, 0.5) is 0 Å². The molecule has 2 fully saturated rings. The normalized spacial score (nSPS) is 23.7. The van der Waals surface area contributed by atoms with E-state index in [0.717, 1.165) is 39.0 Å². The lowest BCUT2D eigenvalue weighted by Gasteiger charge is -2.42. The molecule has 21 heavy (non-hydrogen) atoms. The van der Waals surface area contributed by atoms with Crippen LogP contribution in [0.15, 0.2) is 12.5 Å². The van der Waals surface area contributed by atoms with Crippen molar-refractivity contribution in [1.82, 2.24) is 19.4 Å². The molecule has 1 N–H and O–H groups in total. The minimum atomic E-state index is 0.132. The van der Waals surface area contributed by atoms with Crippen LogP contribution >= 0.6 is 0 Å². The van der Waals surface area contributed by atoms with Crippen LogP contribution in [0, 0.1) is 5.41 Å². The van der Waals surface area contributed by atoms with Crippen molar-refractivity contribution in [3.8, 4) is 0 Å². The fourth-order valence-corrected chi connectivity index (χ4v) is 3.73. The van der Waals surface area contributed by atoms with E-state index < -0.39 is 0 Å². The third kappa shape index (κ3) is 3.47. The van der Waals surface area contributed by atoms with Crippen molar-refractivity contribution < 1.29 is 5.11 Å². The molecule has 0 radical (unpaired) electrons. The number of hydrogen-bond acceptors (Lipinski definition) is 4. The number of rotatable bonds is 5. The van der Waals surface area contributed by atoms with Crippen LogP contribution in [0.3, 0.4) is 0 Å². The molecule has 3 heterocycles. The number of nitrogens with zero attached hydrogens (tertiary/aromatic N) is 4. The van der Waals surface area contributed by atoms with Crippen molar-refractivity contribution in [2.45, 2.75) is 32.2 Å². The summed E-state index contributed by atoms with van der Waals surface area (Å²) < 4.78 is 2.10. The van der Waals surface area contributed by atoms with Crippen LogP contribution < -0.4 is 0 Å². The third-order valence-electron chi connectivity index (χ3n) is 5.31. The highest BCUT2D eigenvalue weighted by Crippen LogP contribution is 2.33. The maximum absolute atomic E-state index is 9.93. The van der Waals surface area contributed by atoms with Gasteiger partial charge in [0, 0.05) is 31.7 Å². The summed E-state index contributed by atoms with van der Waals surface area (Å²) in [6, 6.07) is 0. The zero-order chi connectivity index (χ0) is 14.7. The van der Waals surface area contributed by atoms with Crippen LogP contribution in [0.2, 0.25) is 0 Å². The van der Waals surface area contributed by atoms with Gasteiger partial charge in [0.05, 0.1) is 18.6 Å². The molecule has 0 atom stereocenters. The molecule has 2 aliphatic heterocycles. The van der Waals surface area contributed by atoms with Crippen molar-refractivity contribution in [3.05, 3.63) is 18.2 Å². The number of hydrogen-bond donors (Lipinski definition) is 1. The summed E-state index contributed by atoms with van der Waals surface area (Å²) in [5.41, 5.74) is 1.40. The second-order valence-electron chi connectivity index (χ2n) is 6.91. The minimum Gasteiger partial charge on any atom is -0.396 e. The average molecular weight is 292 g/mol. The molecule has 0 spiro atoms. The Balaban J connectivity index is 1.53. The molecule has 0 aromatic carbocycles. The van der Waals surface area contributed by atoms with E-state index in [1.807, 2.05) is 12.5 Å². The second-order valence-corrected chi connectivity index (χ2v) is 6.91. The van der Waals surface area contributed by atoms with E-state index in [1.54, 1.807) is 0 Å². The summed E-state index contributed by atoms with van der Waals surface area (Å²) in [5.74, 6) is 0. The van der Waals surface area contributed by atoms with Gasteiger partial charge in [0.25, 0.3) is 0 Å². The number of aliphatic hydroxyl groups excluding tert-OH is 1. The monoisotopic (exact) mass is 292 g/mol. The number of aliphatic hydroxyl groups is 1. The molecule has 3 rings (SSSR count). The van der Waals surface area contributed by atoms with E-state index in [2.05, 4.69) is 26.4 Å². The largest absolute Gasteiger partial charge is 0.396 e. The van der Waals surface area contributed by atoms with Gasteiger partial charge in [-0.05, 0) is 51.9 Å². The molecular weight excluding hydrogens is 264 g/mol. The first kappa shape index (κ1) is 15.0. The van der Waals surface area contributed by atoms with E-state index >= 15 is 0 Å². The lowest BCUT2D eigenvalue weighted by atomic mass is 9.78. The van der Waals surface area contributed by atoms with Gasteiger partial charge in [-0.2, -0.15) is 0 Å². The first-order valence-electron chi connectivity index (χ1n) is 8.22. The lowest BCUT2D eigenvalue weighted by Crippen LogP contribution is -2.47. The maximum atomic E-state index is 9.93. The molecule has 1 aromatic heterocycles.